The highest BCUT2D eigenvalue weighted by molar-refractivity contribution is 9.10. The van der Waals surface area contributed by atoms with E-state index in [1.807, 2.05) is 0 Å². The van der Waals surface area contributed by atoms with E-state index >= 15 is 0 Å². The first-order chi connectivity index (χ1) is 6.73. The minimum Gasteiger partial charge on any atom is -0.286 e. The van der Waals surface area contributed by atoms with Gasteiger partial charge in [0.05, 0.1) is 0 Å². The lowest BCUT2D eigenvalue weighted by Gasteiger charge is -2.12. The van der Waals surface area contributed by atoms with Crippen molar-refractivity contribution in [3.8, 4) is 0 Å². The minimum atomic E-state index is -3.84. The lowest BCUT2D eigenvalue weighted by molar-refractivity contribution is 0.0534. The second-order valence-electron chi connectivity index (χ2n) is 3.24. The topological polar surface area (TPSA) is 17.1 Å². The molecule has 0 spiro atoms. The Labute approximate surface area is 99.6 Å². The summed E-state index contributed by atoms with van der Waals surface area (Å²) < 4.78 is 26.1. The maximum atomic E-state index is 12.7. The first-order valence-corrected chi connectivity index (χ1v) is 5.29. The van der Waals surface area contributed by atoms with Crippen LogP contribution in [0.2, 0.25) is 0 Å². The molecule has 1 nitrogen and oxygen atoms in total. The van der Waals surface area contributed by atoms with Gasteiger partial charge in [0.2, 0.25) is 5.78 Å². The Morgan fingerprint density at radius 1 is 1.33 bits per heavy atom. The molecule has 0 fully saturated rings. The first-order valence-electron chi connectivity index (χ1n) is 4.11. The summed E-state index contributed by atoms with van der Waals surface area (Å²) in [6.07, 6.45) is 0. The van der Waals surface area contributed by atoms with E-state index in [0.29, 0.717) is 11.1 Å². The van der Waals surface area contributed by atoms with Crippen molar-refractivity contribution in [1.82, 2.24) is 0 Å². The molecule has 0 aliphatic carbocycles. The number of benzene rings is 1. The molecule has 1 rings (SSSR count). The van der Waals surface area contributed by atoms with E-state index < -0.39 is 11.2 Å². The third-order valence-electron chi connectivity index (χ3n) is 1.98. The number of ketones is 1. The van der Waals surface area contributed by atoms with Gasteiger partial charge in [-0.05, 0) is 48.7 Å². The maximum Gasteiger partial charge on any atom is 0.384 e. The Kier molecular flexibility index (Phi) is 3.51. The summed E-state index contributed by atoms with van der Waals surface area (Å²) in [6.45, 7) is 3.18. The largest absolute Gasteiger partial charge is 0.384 e. The zero-order valence-electron chi connectivity index (χ0n) is 8.07. The van der Waals surface area contributed by atoms with Crippen LogP contribution < -0.4 is 0 Å². The molecule has 15 heavy (non-hydrogen) atoms. The zero-order chi connectivity index (χ0) is 11.8. The van der Waals surface area contributed by atoms with Gasteiger partial charge in [0.15, 0.2) is 0 Å². The molecule has 0 aromatic heterocycles. The minimum absolute atomic E-state index is 0.0156. The van der Waals surface area contributed by atoms with Crippen LogP contribution in [0.15, 0.2) is 16.6 Å². The number of rotatable bonds is 2. The fourth-order valence-electron chi connectivity index (χ4n) is 1.41. The van der Waals surface area contributed by atoms with Gasteiger partial charge in [-0.1, -0.05) is 15.9 Å². The molecule has 0 atom stereocenters. The van der Waals surface area contributed by atoms with E-state index in [1.54, 1.807) is 26.0 Å². The van der Waals surface area contributed by atoms with Crippen LogP contribution in [-0.4, -0.2) is 11.2 Å². The number of alkyl halides is 3. The summed E-state index contributed by atoms with van der Waals surface area (Å²) in [5, 5.41) is -3.84. The molecule has 0 N–H and O–H groups in total. The van der Waals surface area contributed by atoms with Crippen molar-refractivity contribution in [3.05, 3.63) is 33.3 Å². The molecule has 1 aromatic rings. The molecule has 0 amide bonds. The van der Waals surface area contributed by atoms with E-state index in [2.05, 4.69) is 15.9 Å². The average Bonchev–Trinajstić information content (AvgIpc) is 1.99. The van der Waals surface area contributed by atoms with Crippen LogP contribution in [0.4, 0.5) is 8.78 Å². The van der Waals surface area contributed by atoms with Gasteiger partial charge in [-0.25, -0.2) is 0 Å². The van der Waals surface area contributed by atoms with Gasteiger partial charge in [0, 0.05) is 10.0 Å². The summed E-state index contributed by atoms with van der Waals surface area (Å²) in [4.78, 5) is 11.3. The number of Topliss-reactive ketones (excluding diaryl/α,β-unsaturated/α-hetero) is 1. The van der Waals surface area contributed by atoms with Gasteiger partial charge in [-0.2, -0.15) is 8.78 Å². The summed E-state index contributed by atoms with van der Waals surface area (Å²) in [5.74, 6) is -1.35. The molecule has 0 saturated heterocycles. The smallest absolute Gasteiger partial charge is 0.286 e. The molecule has 0 bridgehead atoms. The lowest BCUT2D eigenvalue weighted by Crippen LogP contribution is -2.23. The third-order valence-corrected chi connectivity index (χ3v) is 2.61. The molecule has 0 aliphatic rings. The van der Waals surface area contributed by atoms with Crippen LogP contribution in [0.5, 0.6) is 0 Å². The van der Waals surface area contributed by atoms with Crippen LogP contribution in [0, 0.1) is 13.8 Å². The molecule has 82 valence electrons. The number of halogens is 4. The first kappa shape index (κ1) is 12.6. The fraction of sp³-hybridized carbons (Fsp3) is 0.300. The predicted octanol–water partition coefficient (Wildman–Crippen LogP) is 4.08. The molecule has 0 unspecified atom stereocenters. The van der Waals surface area contributed by atoms with Crippen molar-refractivity contribution in [2.75, 3.05) is 0 Å². The zero-order valence-corrected chi connectivity index (χ0v) is 10.4. The predicted molar refractivity (Wildman–Crippen MR) is 58.7 cm³/mol. The van der Waals surface area contributed by atoms with E-state index in [-0.39, 0.29) is 5.56 Å². The van der Waals surface area contributed by atoms with Crippen LogP contribution >= 0.6 is 27.5 Å². The monoisotopic (exact) mass is 296 g/mol. The van der Waals surface area contributed by atoms with Crippen LogP contribution in [0.25, 0.3) is 0 Å². The Balaban J connectivity index is 3.33. The average molecular weight is 298 g/mol. The van der Waals surface area contributed by atoms with Crippen molar-refractivity contribution in [2.45, 2.75) is 19.2 Å². The number of aryl methyl sites for hydroxylation is 2. The molecular weight excluding hydrogens is 289 g/mol. The van der Waals surface area contributed by atoms with E-state index in [1.165, 1.54) is 0 Å². The Hall–Kier alpha value is -0.480. The Morgan fingerprint density at radius 3 is 2.07 bits per heavy atom. The lowest BCUT2D eigenvalue weighted by atomic mass is 9.99. The van der Waals surface area contributed by atoms with Crippen LogP contribution in [0.3, 0.4) is 0 Å². The van der Waals surface area contributed by atoms with Gasteiger partial charge in [-0.15, -0.1) is 0 Å². The van der Waals surface area contributed by atoms with E-state index in [4.69, 9.17) is 11.6 Å². The summed E-state index contributed by atoms with van der Waals surface area (Å²) in [6, 6.07) is 3.20. The number of hydrogen-bond acceptors (Lipinski definition) is 1. The summed E-state index contributed by atoms with van der Waals surface area (Å²) >= 11 is 7.92. The third kappa shape index (κ3) is 2.75. The summed E-state index contributed by atoms with van der Waals surface area (Å²) in [7, 11) is 0. The van der Waals surface area contributed by atoms with Crippen LogP contribution in [-0.2, 0) is 0 Å². The second-order valence-corrected chi connectivity index (χ2v) is 4.63. The van der Waals surface area contributed by atoms with Gasteiger partial charge in [-0.3, -0.25) is 4.79 Å². The molecule has 5 heteroatoms. The Morgan fingerprint density at radius 2 is 1.73 bits per heavy atom. The fourth-order valence-corrected chi connectivity index (χ4v) is 2.19. The second kappa shape index (κ2) is 4.18. The Bertz CT molecular complexity index is 389. The SMILES string of the molecule is Cc1cc(Br)cc(C)c1C(=O)C(F)(F)Cl. The van der Waals surface area contributed by atoms with Crippen molar-refractivity contribution in [3.63, 3.8) is 0 Å². The van der Waals surface area contributed by atoms with Gasteiger partial charge in [0.25, 0.3) is 0 Å². The highest BCUT2D eigenvalue weighted by Gasteiger charge is 2.38. The van der Waals surface area contributed by atoms with Gasteiger partial charge < -0.3 is 0 Å². The number of hydrogen-bond donors (Lipinski definition) is 0. The molecule has 0 heterocycles. The van der Waals surface area contributed by atoms with Gasteiger partial charge in [0.1, 0.15) is 0 Å². The quantitative estimate of drug-likeness (QED) is 0.594. The normalized spacial score (nSPS) is 11.6. The van der Waals surface area contributed by atoms with Crippen LogP contribution in [0.1, 0.15) is 21.5 Å². The van der Waals surface area contributed by atoms with Crippen molar-refractivity contribution in [1.29, 1.82) is 0 Å². The van der Waals surface area contributed by atoms with Crippen molar-refractivity contribution < 1.29 is 13.6 Å². The van der Waals surface area contributed by atoms with E-state index in [0.717, 1.165) is 4.47 Å². The molecule has 0 aliphatic heterocycles. The molecule has 0 radical (unpaired) electrons. The number of carbonyl (C=O) groups excluding carboxylic acids is 1. The summed E-state index contributed by atoms with van der Waals surface area (Å²) in [5.41, 5.74) is 0.942. The van der Waals surface area contributed by atoms with Gasteiger partial charge >= 0.3 is 5.38 Å². The molecular formula is C10H8BrClF2O. The highest BCUT2D eigenvalue weighted by Crippen LogP contribution is 2.29. The molecule has 0 saturated carbocycles. The van der Waals surface area contributed by atoms with Crippen molar-refractivity contribution >= 4 is 33.3 Å². The maximum absolute atomic E-state index is 12.7. The number of carbonyl (C=O) groups is 1. The molecule has 1 aromatic carbocycles. The van der Waals surface area contributed by atoms with Crippen molar-refractivity contribution in [2.24, 2.45) is 0 Å². The standard InChI is InChI=1S/C10H8BrClF2O/c1-5-3-7(11)4-6(2)8(5)9(15)10(12,13)14/h3-4H,1-2H3. The van der Waals surface area contributed by atoms with E-state index in [9.17, 15) is 13.6 Å². The highest BCUT2D eigenvalue weighted by atomic mass is 79.9.